The molecule has 0 saturated carbocycles. The molecule has 1 aromatic rings. The fraction of sp³-hybridized carbons (Fsp3) is 0.583. The van der Waals surface area contributed by atoms with Gasteiger partial charge in [0.15, 0.2) is 0 Å². The smallest absolute Gasteiger partial charge is 0.411 e. The lowest BCUT2D eigenvalue weighted by Crippen LogP contribution is -2.50. The average Bonchev–Trinajstić information content (AvgIpc) is 2.81. The molecular weight excluding hydrogens is 301 g/mol. The molecule has 2 rings (SSSR count). The van der Waals surface area contributed by atoms with E-state index in [1.807, 2.05) is 4.98 Å². The number of aliphatic hydroxyl groups excluding tert-OH is 2. The monoisotopic (exact) mass is 317 g/mol. The summed E-state index contributed by atoms with van der Waals surface area (Å²) in [5, 5.41) is 19.4. The number of nitrogens with zero attached hydrogens (tertiary/aromatic N) is 2. The third kappa shape index (κ3) is 2.62. The van der Waals surface area contributed by atoms with E-state index >= 15 is 0 Å². The molecule has 22 heavy (non-hydrogen) atoms. The first-order valence-corrected chi connectivity index (χ1v) is 6.66. The number of carbonyl (C=O) groups is 1. The minimum Gasteiger partial charge on any atom is -0.450 e. The molecule has 0 aromatic carbocycles. The molecule has 0 radical (unpaired) electrons. The molecule has 0 spiro atoms. The lowest BCUT2D eigenvalue weighted by molar-refractivity contribution is 0.0322. The number of aromatic amines is 1. The lowest BCUT2D eigenvalue weighted by atomic mass is 10.2. The van der Waals surface area contributed by atoms with Crippen LogP contribution < -0.4 is 11.2 Å². The van der Waals surface area contributed by atoms with Gasteiger partial charge < -0.3 is 19.9 Å². The quantitative estimate of drug-likeness (QED) is 0.640. The molecule has 1 aromatic heterocycles. The van der Waals surface area contributed by atoms with Gasteiger partial charge in [-0.15, -0.1) is 0 Å². The molecule has 1 saturated heterocycles. The third-order valence-corrected chi connectivity index (χ3v) is 3.45. The van der Waals surface area contributed by atoms with Crippen LogP contribution in [0.25, 0.3) is 0 Å². The normalized spacial score (nSPS) is 24.5. The number of halogens is 1. The number of hydrogen-bond acceptors (Lipinski definition) is 6. The average molecular weight is 317 g/mol. The second kappa shape index (κ2) is 6.28. The Labute approximate surface area is 123 Å². The number of rotatable bonds is 3. The Balaban J connectivity index is 2.56. The molecule has 3 N–H and O–H groups in total. The van der Waals surface area contributed by atoms with Crippen LogP contribution in [0.1, 0.15) is 19.5 Å². The highest BCUT2D eigenvalue weighted by Crippen LogP contribution is 2.31. The maximum Gasteiger partial charge on any atom is 0.411 e. The number of H-pyrrole nitrogens is 1. The van der Waals surface area contributed by atoms with E-state index in [1.165, 1.54) is 0 Å². The number of nitrogens with one attached hydrogen (secondary N) is 1. The SMILES string of the molecule is CCOC(=O)N1[C@H](CO)C[C@@H](O)[C@@H]1n1c(=O)[nH]cc(F)c1=O. The van der Waals surface area contributed by atoms with Gasteiger partial charge in [0.25, 0.3) is 5.56 Å². The van der Waals surface area contributed by atoms with Gasteiger partial charge in [-0.05, 0) is 6.92 Å². The summed E-state index contributed by atoms with van der Waals surface area (Å²) in [5.41, 5.74) is -2.26. The van der Waals surface area contributed by atoms with Crippen molar-refractivity contribution in [1.82, 2.24) is 14.5 Å². The van der Waals surface area contributed by atoms with Crippen LogP contribution in [0.3, 0.4) is 0 Å². The maximum absolute atomic E-state index is 13.4. The van der Waals surface area contributed by atoms with Gasteiger partial charge in [-0.3, -0.25) is 9.69 Å². The van der Waals surface area contributed by atoms with Gasteiger partial charge in [-0.2, -0.15) is 4.39 Å². The minimum atomic E-state index is -1.46. The fourth-order valence-electron chi connectivity index (χ4n) is 2.53. The van der Waals surface area contributed by atoms with Crippen molar-refractivity contribution in [3.63, 3.8) is 0 Å². The third-order valence-electron chi connectivity index (χ3n) is 3.45. The predicted molar refractivity (Wildman–Crippen MR) is 70.7 cm³/mol. The number of ether oxygens (including phenoxy) is 1. The van der Waals surface area contributed by atoms with E-state index in [4.69, 9.17) is 4.74 Å². The number of carbonyl (C=O) groups excluding carboxylic acids is 1. The Kier molecular flexibility index (Phi) is 4.62. The molecule has 1 aliphatic heterocycles. The van der Waals surface area contributed by atoms with Crippen LogP contribution in [0.2, 0.25) is 0 Å². The Morgan fingerprint density at radius 1 is 1.55 bits per heavy atom. The van der Waals surface area contributed by atoms with Crippen LogP contribution >= 0.6 is 0 Å². The van der Waals surface area contributed by atoms with Gasteiger partial charge in [0.2, 0.25) is 5.82 Å². The number of amides is 1. The Bertz CT molecular complexity index is 672. The Hall–Kier alpha value is -2.20. The van der Waals surface area contributed by atoms with E-state index in [0.29, 0.717) is 10.8 Å². The van der Waals surface area contributed by atoms with Crippen molar-refractivity contribution in [2.24, 2.45) is 0 Å². The zero-order chi connectivity index (χ0) is 16.4. The minimum absolute atomic E-state index is 0.0186. The summed E-state index contributed by atoms with van der Waals surface area (Å²) in [6, 6.07) is -0.853. The van der Waals surface area contributed by atoms with Gasteiger partial charge in [-0.25, -0.2) is 14.2 Å². The highest BCUT2D eigenvalue weighted by Gasteiger charge is 2.46. The number of hydrogen-bond donors (Lipinski definition) is 3. The van der Waals surface area contributed by atoms with Crippen LogP contribution in [0.4, 0.5) is 9.18 Å². The van der Waals surface area contributed by atoms with Crippen LogP contribution in [-0.2, 0) is 4.74 Å². The molecule has 2 heterocycles. The standard InChI is InChI=1S/C12H16FN3O6/c1-2-22-12(21)15-6(5-17)3-8(18)9(15)16-10(19)7(13)4-14-11(16)20/h4,6,8-9,17-18H,2-3,5H2,1H3,(H,14,20)/t6-,8+,9-/m0/s1. The summed E-state index contributed by atoms with van der Waals surface area (Å²) in [5.74, 6) is -1.23. The van der Waals surface area contributed by atoms with Crippen molar-refractivity contribution in [1.29, 1.82) is 0 Å². The van der Waals surface area contributed by atoms with Crippen molar-refractivity contribution >= 4 is 6.09 Å². The summed E-state index contributed by atoms with van der Waals surface area (Å²) in [4.78, 5) is 38.6. The first-order chi connectivity index (χ1) is 10.4. The van der Waals surface area contributed by atoms with Crippen LogP contribution in [0.5, 0.6) is 0 Å². The second-order valence-electron chi connectivity index (χ2n) is 4.78. The van der Waals surface area contributed by atoms with E-state index in [1.54, 1.807) is 6.92 Å². The number of aliphatic hydroxyl groups is 2. The van der Waals surface area contributed by atoms with Crippen LogP contribution in [-0.4, -0.2) is 56.1 Å². The topological polar surface area (TPSA) is 125 Å². The molecule has 0 aliphatic carbocycles. The summed E-state index contributed by atoms with van der Waals surface area (Å²) < 4.78 is 18.6. The van der Waals surface area contributed by atoms with Crippen molar-refractivity contribution in [2.45, 2.75) is 31.7 Å². The molecule has 9 nitrogen and oxygen atoms in total. The Morgan fingerprint density at radius 3 is 2.82 bits per heavy atom. The summed E-state index contributed by atoms with van der Waals surface area (Å²) >= 11 is 0. The van der Waals surface area contributed by atoms with Crippen LogP contribution in [0, 0.1) is 5.82 Å². The largest absolute Gasteiger partial charge is 0.450 e. The second-order valence-corrected chi connectivity index (χ2v) is 4.78. The molecule has 1 fully saturated rings. The molecular formula is C12H16FN3O6. The van der Waals surface area contributed by atoms with E-state index in [-0.39, 0.29) is 13.0 Å². The molecule has 10 heteroatoms. The highest BCUT2D eigenvalue weighted by atomic mass is 19.1. The summed E-state index contributed by atoms with van der Waals surface area (Å²) in [6.45, 7) is 1.06. The summed E-state index contributed by atoms with van der Waals surface area (Å²) in [6.07, 6.45) is -3.19. The van der Waals surface area contributed by atoms with E-state index in [2.05, 4.69) is 0 Å². The molecule has 1 amide bonds. The zero-order valence-corrected chi connectivity index (χ0v) is 11.7. The molecule has 1 aliphatic rings. The molecule has 122 valence electrons. The molecule has 3 atom stereocenters. The maximum atomic E-state index is 13.4. The van der Waals surface area contributed by atoms with Crippen molar-refractivity contribution in [3.8, 4) is 0 Å². The zero-order valence-electron chi connectivity index (χ0n) is 11.7. The van der Waals surface area contributed by atoms with E-state index in [0.717, 1.165) is 4.90 Å². The van der Waals surface area contributed by atoms with E-state index < -0.39 is 48.1 Å². The first-order valence-electron chi connectivity index (χ1n) is 6.66. The molecule has 0 unspecified atom stereocenters. The first kappa shape index (κ1) is 16.2. The van der Waals surface area contributed by atoms with E-state index in [9.17, 15) is 29.0 Å². The number of aromatic nitrogens is 2. The Morgan fingerprint density at radius 2 is 2.23 bits per heavy atom. The van der Waals surface area contributed by atoms with Crippen molar-refractivity contribution < 1.29 is 24.1 Å². The predicted octanol–water partition coefficient (Wildman–Crippen LogP) is -1.24. The number of likely N-dealkylation sites (tertiary alicyclic amines) is 1. The summed E-state index contributed by atoms with van der Waals surface area (Å²) in [7, 11) is 0. The van der Waals surface area contributed by atoms with Gasteiger partial charge in [0, 0.05) is 12.6 Å². The highest BCUT2D eigenvalue weighted by molar-refractivity contribution is 5.68. The molecule has 0 bridgehead atoms. The van der Waals surface area contributed by atoms with Gasteiger partial charge in [0.05, 0.1) is 25.4 Å². The van der Waals surface area contributed by atoms with Crippen molar-refractivity contribution in [2.75, 3.05) is 13.2 Å². The van der Waals surface area contributed by atoms with Gasteiger partial charge >= 0.3 is 11.8 Å². The van der Waals surface area contributed by atoms with Gasteiger partial charge in [0.1, 0.15) is 6.17 Å². The van der Waals surface area contributed by atoms with Crippen molar-refractivity contribution in [3.05, 3.63) is 32.9 Å². The fourth-order valence-corrected chi connectivity index (χ4v) is 2.53. The van der Waals surface area contributed by atoms with Gasteiger partial charge in [-0.1, -0.05) is 0 Å². The lowest BCUT2D eigenvalue weighted by Gasteiger charge is -2.29. The van der Waals surface area contributed by atoms with Crippen LogP contribution in [0.15, 0.2) is 15.8 Å².